The maximum atomic E-state index is 8.38. The van der Waals surface area contributed by atoms with Crippen LogP contribution in [0.5, 0.6) is 17.2 Å². The number of benzene rings is 1. The third kappa shape index (κ3) is 4.40. The topological polar surface area (TPSA) is 86.3 Å². The van der Waals surface area contributed by atoms with Gasteiger partial charge in [0.15, 0.2) is 0 Å². The summed E-state index contributed by atoms with van der Waals surface area (Å²) in [5, 5.41) is 11.3. The first-order valence-corrected chi connectivity index (χ1v) is 5.52. The molecule has 0 unspecified atom stereocenters. The fourth-order valence-corrected chi connectivity index (χ4v) is 1.36. The molecule has 3 N–H and O–H groups in total. The van der Waals surface area contributed by atoms with Crippen molar-refractivity contribution >= 4 is 5.84 Å². The quantitative estimate of drug-likeness (QED) is 0.254. The molecule has 0 atom stereocenters. The van der Waals surface area contributed by atoms with E-state index in [-0.39, 0.29) is 5.84 Å². The minimum absolute atomic E-state index is 0.196. The molecule has 0 saturated heterocycles. The van der Waals surface area contributed by atoms with Crippen molar-refractivity contribution in [2.45, 2.75) is 12.8 Å². The Morgan fingerprint density at radius 3 is 2.22 bits per heavy atom. The number of hydrogen-bond acceptors (Lipinski definition) is 5. The predicted octanol–water partition coefficient (Wildman–Crippen LogP) is 1.61. The number of methoxy groups -OCH3 is 2. The van der Waals surface area contributed by atoms with Crippen LogP contribution in [-0.4, -0.2) is 31.9 Å². The molecule has 0 aromatic heterocycles. The van der Waals surface area contributed by atoms with E-state index < -0.39 is 0 Å². The summed E-state index contributed by atoms with van der Waals surface area (Å²) in [6, 6.07) is 5.31. The lowest BCUT2D eigenvalue weighted by atomic mass is 10.3. The monoisotopic (exact) mass is 254 g/mol. The Morgan fingerprint density at radius 1 is 1.17 bits per heavy atom. The van der Waals surface area contributed by atoms with Crippen LogP contribution in [0, 0.1) is 0 Å². The van der Waals surface area contributed by atoms with Crippen LogP contribution in [-0.2, 0) is 0 Å². The molecule has 0 fully saturated rings. The number of rotatable bonds is 7. The minimum atomic E-state index is 0.196. The van der Waals surface area contributed by atoms with Crippen LogP contribution >= 0.6 is 0 Å². The number of nitrogens with zero attached hydrogens (tertiary/aromatic N) is 1. The number of nitrogens with two attached hydrogens (primary N) is 1. The van der Waals surface area contributed by atoms with E-state index in [1.807, 2.05) is 0 Å². The van der Waals surface area contributed by atoms with Crippen molar-refractivity contribution < 1.29 is 19.4 Å². The molecule has 100 valence electrons. The number of ether oxygens (including phenoxy) is 3. The molecule has 0 aliphatic rings. The van der Waals surface area contributed by atoms with Crippen LogP contribution in [0.1, 0.15) is 12.8 Å². The molecule has 0 aliphatic heterocycles. The highest BCUT2D eigenvalue weighted by Crippen LogP contribution is 2.27. The lowest BCUT2D eigenvalue weighted by Crippen LogP contribution is -2.12. The van der Waals surface area contributed by atoms with Crippen molar-refractivity contribution in [1.29, 1.82) is 0 Å². The van der Waals surface area contributed by atoms with Gasteiger partial charge in [-0.05, 0) is 6.42 Å². The van der Waals surface area contributed by atoms with Crippen LogP contribution in [0.25, 0.3) is 0 Å². The van der Waals surface area contributed by atoms with Crippen molar-refractivity contribution in [3.63, 3.8) is 0 Å². The van der Waals surface area contributed by atoms with Gasteiger partial charge in [0.1, 0.15) is 23.1 Å². The molecule has 1 aromatic carbocycles. The van der Waals surface area contributed by atoms with Gasteiger partial charge in [0.2, 0.25) is 0 Å². The zero-order chi connectivity index (χ0) is 13.4. The van der Waals surface area contributed by atoms with Crippen LogP contribution in [0.15, 0.2) is 23.4 Å². The first-order valence-electron chi connectivity index (χ1n) is 5.52. The van der Waals surface area contributed by atoms with Crippen LogP contribution < -0.4 is 19.9 Å². The fourth-order valence-electron chi connectivity index (χ4n) is 1.36. The van der Waals surface area contributed by atoms with E-state index in [0.29, 0.717) is 36.7 Å². The summed E-state index contributed by atoms with van der Waals surface area (Å²) in [5.41, 5.74) is 5.35. The van der Waals surface area contributed by atoms with Gasteiger partial charge in [-0.2, -0.15) is 0 Å². The largest absolute Gasteiger partial charge is 0.496 e. The predicted molar refractivity (Wildman–Crippen MR) is 67.7 cm³/mol. The van der Waals surface area contributed by atoms with E-state index in [0.717, 1.165) is 0 Å². The van der Waals surface area contributed by atoms with Crippen molar-refractivity contribution in [2.75, 3.05) is 20.8 Å². The zero-order valence-corrected chi connectivity index (χ0v) is 10.5. The van der Waals surface area contributed by atoms with Gasteiger partial charge in [0.25, 0.3) is 0 Å². The molecule has 6 heteroatoms. The van der Waals surface area contributed by atoms with Gasteiger partial charge in [-0.15, -0.1) is 0 Å². The fraction of sp³-hybridized carbons (Fsp3) is 0.417. The number of amidine groups is 1. The summed E-state index contributed by atoms with van der Waals surface area (Å²) >= 11 is 0. The van der Waals surface area contributed by atoms with Crippen LogP contribution in [0.4, 0.5) is 0 Å². The Labute approximate surface area is 106 Å². The summed E-state index contributed by atoms with van der Waals surface area (Å²) in [6.07, 6.45) is 1.15. The van der Waals surface area contributed by atoms with E-state index >= 15 is 0 Å². The molecule has 0 saturated carbocycles. The first-order chi connectivity index (χ1) is 8.69. The van der Waals surface area contributed by atoms with Crippen molar-refractivity contribution in [3.05, 3.63) is 18.2 Å². The lowest BCUT2D eigenvalue weighted by Gasteiger charge is -2.10. The number of hydrogen-bond donors (Lipinski definition) is 2. The smallest absolute Gasteiger partial charge is 0.139 e. The van der Waals surface area contributed by atoms with Gasteiger partial charge in [0.05, 0.1) is 20.8 Å². The highest BCUT2D eigenvalue weighted by molar-refractivity contribution is 5.79. The molecule has 0 spiro atoms. The average Bonchev–Trinajstić information content (AvgIpc) is 2.42. The average molecular weight is 254 g/mol. The normalized spacial score (nSPS) is 11.1. The minimum Gasteiger partial charge on any atom is -0.496 e. The molecule has 0 heterocycles. The summed E-state index contributed by atoms with van der Waals surface area (Å²) in [6.45, 7) is 0.465. The summed E-state index contributed by atoms with van der Waals surface area (Å²) < 4.78 is 15.8. The second kappa shape index (κ2) is 7.26. The van der Waals surface area contributed by atoms with Crippen molar-refractivity contribution in [1.82, 2.24) is 0 Å². The van der Waals surface area contributed by atoms with E-state index in [1.165, 1.54) is 0 Å². The first kappa shape index (κ1) is 14.0. The summed E-state index contributed by atoms with van der Waals surface area (Å²) in [5.74, 6) is 2.19. The van der Waals surface area contributed by atoms with E-state index in [2.05, 4.69) is 5.16 Å². The van der Waals surface area contributed by atoms with Crippen molar-refractivity contribution in [2.24, 2.45) is 10.9 Å². The summed E-state index contributed by atoms with van der Waals surface area (Å²) in [4.78, 5) is 0. The third-order valence-corrected chi connectivity index (χ3v) is 2.30. The highest BCUT2D eigenvalue weighted by Gasteiger charge is 2.03. The van der Waals surface area contributed by atoms with Crippen LogP contribution in [0.2, 0.25) is 0 Å². The van der Waals surface area contributed by atoms with Gasteiger partial charge >= 0.3 is 0 Å². The molecule has 6 nitrogen and oxygen atoms in total. The zero-order valence-electron chi connectivity index (χ0n) is 10.5. The van der Waals surface area contributed by atoms with Gasteiger partial charge in [-0.25, -0.2) is 0 Å². The molecule has 1 rings (SSSR count). The van der Waals surface area contributed by atoms with E-state index in [4.69, 9.17) is 25.2 Å². The van der Waals surface area contributed by atoms with Gasteiger partial charge in [-0.1, -0.05) is 5.16 Å². The Bertz CT molecular complexity index is 385. The van der Waals surface area contributed by atoms with Gasteiger partial charge in [-0.3, -0.25) is 0 Å². The molecule has 0 amide bonds. The Balaban J connectivity index is 2.51. The van der Waals surface area contributed by atoms with Gasteiger partial charge < -0.3 is 25.2 Å². The number of oxime groups is 1. The lowest BCUT2D eigenvalue weighted by molar-refractivity contribution is 0.302. The molecule has 1 aromatic rings. The second-order valence-corrected chi connectivity index (χ2v) is 3.59. The second-order valence-electron chi connectivity index (χ2n) is 3.59. The SMILES string of the molecule is COc1cc(OC)cc(OCCC/C(N)=N/O)c1. The highest BCUT2D eigenvalue weighted by atomic mass is 16.5. The Morgan fingerprint density at radius 2 is 1.72 bits per heavy atom. The molecular weight excluding hydrogens is 236 g/mol. The molecular formula is C12H18N2O4. The maximum absolute atomic E-state index is 8.38. The maximum Gasteiger partial charge on any atom is 0.139 e. The van der Waals surface area contributed by atoms with Crippen LogP contribution in [0.3, 0.4) is 0 Å². The molecule has 0 bridgehead atoms. The Hall–Kier alpha value is -2.11. The van der Waals surface area contributed by atoms with E-state index in [9.17, 15) is 0 Å². The standard InChI is InChI=1S/C12H18N2O4/c1-16-9-6-10(17-2)8-11(7-9)18-5-3-4-12(13)14-15/h6-8,15H,3-5H2,1-2H3,(H2,13,14). The molecule has 18 heavy (non-hydrogen) atoms. The Kier molecular flexibility index (Phi) is 5.63. The van der Waals surface area contributed by atoms with Crippen molar-refractivity contribution in [3.8, 4) is 17.2 Å². The van der Waals surface area contributed by atoms with Gasteiger partial charge in [0, 0.05) is 24.6 Å². The molecule has 0 radical (unpaired) electrons. The third-order valence-electron chi connectivity index (χ3n) is 2.30. The van der Waals surface area contributed by atoms with E-state index in [1.54, 1.807) is 32.4 Å². The molecule has 0 aliphatic carbocycles. The summed E-state index contributed by atoms with van der Waals surface area (Å²) in [7, 11) is 3.16.